The second-order valence-electron chi connectivity index (χ2n) is 4.93. The van der Waals surface area contributed by atoms with Crippen LogP contribution in [0.4, 0.5) is 0 Å². The fourth-order valence-electron chi connectivity index (χ4n) is 2.09. The van der Waals surface area contributed by atoms with Gasteiger partial charge in [-0.05, 0) is 6.92 Å². The highest BCUT2D eigenvalue weighted by molar-refractivity contribution is 7.90. The minimum atomic E-state index is -3.24. The van der Waals surface area contributed by atoms with E-state index in [1.807, 2.05) is 0 Å². The summed E-state index contributed by atoms with van der Waals surface area (Å²) >= 11 is 0. The molecule has 9 heteroatoms. The van der Waals surface area contributed by atoms with Crippen molar-refractivity contribution in [1.82, 2.24) is 25.4 Å². The molecule has 8 nitrogen and oxygen atoms in total. The molecule has 0 amide bonds. The van der Waals surface area contributed by atoms with Gasteiger partial charge in [-0.15, -0.1) is 0 Å². The van der Waals surface area contributed by atoms with E-state index in [0.717, 1.165) is 17.6 Å². The molecule has 108 valence electrons. The number of H-pyrrole nitrogens is 1. The van der Waals surface area contributed by atoms with Crippen LogP contribution < -0.4 is 5.32 Å². The molecule has 2 unspecified atom stereocenters. The standard InChI is InChI=1S/C11H15N5O3S/c1-6(20(2,17)18)10-15-11(19-16-10)8-3-7-9(4-12-8)14-5-13-7/h5-6,8,12H,3-4H2,1-2H3,(H,13,14). The third-order valence-electron chi connectivity index (χ3n) is 3.49. The number of rotatable bonds is 3. The first kappa shape index (κ1) is 13.3. The van der Waals surface area contributed by atoms with Crippen molar-refractivity contribution >= 4 is 9.84 Å². The number of aromatic amines is 1. The highest BCUT2D eigenvalue weighted by atomic mass is 32.2. The molecule has 0 saturated carbocycles. The van der Waals surface area contributed by atoms with Gasteiger partial charge < -0.3 is 9.51 Å². The molecule has 2 atom stereocenters. The summed E-state index contributed by atoms with van der Waals surface area (Å²) in [5.41, 5.74) is 2.01. The number of fused-ring (bicyclic) bond motifs is 1. The van der Waals surface area contributed by atoms with Crippen molar-refractivity contribution < 1.29 is 12.9 Å². The van der Waals surface area contributed by atoms with Crippen LogP contribution in [0.5, 0.6) is 0 Å². The Morgan fingerprint density at radius 1 is 1.50 bits per heavy atom. The van der Waals surface area contributed by atoms with E-state index in [-0.39, 0.29) is 11.9 Å². The summed E-state index contributed by atoms with van der Waals surface area (Å²) in [7, 11) is -3.24. The van der Waals surface area contributed by atoms with E-state index < -0.39 is 15.1 Å². The Hall–Kier alpha value is -1.74. The van der Waals surface area contributed by atoms with Crippen molar-refractivity contribution in [3.63, 3.8) is 0 Å². The zero-order valence-corrected chi connectivity index (χ0v) is 11.9. The number of imidazole rings is 1. The number of hydrogen-bond donors (Lipinski definition) is 2. The van der Waals surface area contributed by atoms with Crippen LogP contribution in [0, 0.1) is 0 Å². The molecule has 3 rings (SSSR count). The average molecular weight is 297 g/mol. The van der Waals surface area contributed by atoms with Crippen LogP contribution in [-0.4, -0.2) is 34.8 Å². The van der Waals surface area contributed by atoms with Crippen molar-refractivity contribution in [3.8, 4) is 0 Å². The van der Waals surface area contributed by atoms with Gasteiger partial charge >= 0.3 is 0 Å². The van der Waals surface area contributed by atoms with Gasteiger partial charge in [0.25, 0.3) is 0 Å². The zero-order chi connectivity index (χ0) is 14.3. The molecule has 0 spiro atoms. The first-order valence-electron chi connectivity index (χ1n) is 6.22. The summed E-state index contributed by atoms with van der Waals surface area (Å²) in [6, 6.07) is -0.140. The van der Waals surface area contributed by atoms with Crippen LogP contribution in [0.2, 0.25) is 0 Å². The van der Waals surface area contributed by atoms with E-state index in [4.69, 9.17) is 4.52 Å². The smallest absolute Gasteiger partial charge is 0.244 e. The lowest BCUT2D eigenvalue weighted by molar-refractivity contribution is 0.317. The second kappa shape index (κ2) is 4.67. The lowest BCUT2D eigenvalue weighted by Gasteiger charge is -2.19. The van der Waals surface area contributed by atoms with Gasteiger partial charge in [-0.3, -0.25) is 5.32 Å². The van der Waals surface area contributed by atoms with Gasteiger partial charge in [-0.2, -0.15) is 4.98 Å². The predicted molar refractivity (Wildman–Crippen MR) is 69.4 cm³/mol. The van der Waals surface area contributed by atoms with E-state index >= 15 is 0 Å². The maximum atomic E-state index is 11.5. The van der Waals surface area contributed by atoms with Crippen LogP contribution in [0.15, 0.2) is 10.9 Å². The first-order chi connectivity index (χ1) is 9.45. The Morgan fingerprint density at radius 3 is 3.05 bits per heavy atom. The lowest BCUT2D eigenvalue weighted by Crippen LogP contribution is -2.28. The van der Waals surface area contributed by atoms with Crippen LogP contribution in [-0.2, 0) is 22.8 Å². The quantitative estimate of drug-likeness (QED) is 0.836. The Bertz CT molecular complexity index is 720. The Balaban J connectivity index is 1.82. The number of nitrogens with one attached hydrogen (secondary N) is 2. The SMILES string of the molecule is CC(c1noc(C2Cc3nc[nH]c3CN2)n1)S(C)(=O)=O. The van der Waals surface area contributed by atoms with Crippen LogP contribution >= 0.6 is 0 Å². The molecule has 1 aliphatic heterocycles. The highest BCUT2D eigenvalue weighted by Crippen LogP contribution is 2.25. The largest absolute Gasteiger partial charge is 0.347 e. The minimum Gasteiger partial charge on any atom is -0.347 e. The minimum absolute atomic E-state index is 0.140. The Morgan fingerprint density at radius 2 is 2.30 bits per heavy atom. The first-order valence-corrected chi connectivity index (χ1v) is 8.17. The Kier molecular flexibility index (Phi) is 3.09. The molecule has 2 aromatic rings. The van der Waals surface area contributed by atoms with E-state index in [2.05, 4.69) is 25.4 Å². The predicted octanol–water partition coefficient (Wildman–Crippen LogP) is 0.285. The molecule has 2 aromatic heterocycles. The third-order valence-corrected chi connectivity index (χ3v) is 4.99. The summed E-state index contributed by atoms with van der Waals surface area (Å²) in [5.74, 6) is 0.585. The van der Waals surface area contributed by atoms with Crippen LogP contribution in [0.25, 0.3) is 0 Å². The summed E-state index contributed by atoms with van der Waals surface area (Å²) in [4.78, 5) is 11.5. The monoisotopic (exact) mass is 297 g/mol. The van der Waals surface area contributed by atoms with Gasteiger partial charge in [0.05, 0.1) is 23.8 Å². The molecule has 2 N–H and O–H groups in total. The topological polar surface area (TPSA) is 114 Å². The van der Waals surface area contributed by atoms with E-state index in [1.54, 1.807) is 13.3 Å². The van der Waals surface area contributed by atoms with Crippen molar-refractivity contribution in [2.75, 3.05) is 6.26 Å². The third kappa shape index (κ3) is 2.34. The number of aromatic nitrogens is 4. The van der Waals surface area contributed by atoms with Crippen molar-refractivity contribution in [3.05, 3.63) is 29.4 Å². The lowest BCUT2D eigenvalue weighted by atomic mass is 10.1. The summed E-state index contributed by atoms with van der Waals surface area (Å²) in [6.45, 7) is 2.18. The summed E-state index contributed by atoms with van der Waals surface area (Å²) < 4.78 is 28.2. The van der Waals surface area contributed by atoms with Crippen molar-refractivity contribution in [2.45, 2.75) is 31.2 Å². The molecule has 0 bridgehead atoms. The molecular formula is C11H15N5O3S. The second-order valence-corrected chi connectivity index (χ2v) is 7.29. The number of nitrogens with zero attached hydrogens (tertiary/aromatic N) is 3. The van der Waals surface area contributed by atoms with Gasteiger partial charge in [0.1, 0.15) is 5.25 Å². The van der Waals surface area contributed by atoms with E-state index in [9.17, 15) is 8.42 Å². The van der Waals surface area contributed by atoms with Crippen molar-refractivity contribution in [2.24, 2.45) is 0 Å². The maximum Gasteiger partial charge on any atom is 0.244 e. The number of hydrogen-bond acceptors (Lipinski definition) is 7. The highest BCUT2D eigenvalue weighted by Gasteiger charge is 2.28. The van der Waals surface area contributed by atoms with Gasteiger partial charge in [-0.1, -0.05) is 5.16 Å². The molecule has 0 aromatic carbocycles. The zero-order valence-electron chi connectivity index (χ0n) is 11.1. The van der Waals surface area contributed by atoms with Gasteiger partial charge in [-0.25, -0.2) is 13.4 Å². The van der Waals surface area contributed by atoms with Crippen LogP contribution in [0.3, 0.4) is 0 Å². The molecule has 20 heavy (non-hydrogen) atoms. The average Bonchev–Trinajstić information content (AvgIpc) is 3.04. The van der Waals surface area contributed by atoms with Crippen molar-refractivity contribution in [1.29, 1.82) is 0 Å². The summed E-state index contributed by atoms with van der Waals surface area (Å²) in [5, 5.41) is 6.25. The molecular weight excluding hydrogens is 282 g/mol. The normalized spacial score (nSPS) is 20.6. The number of sulfone groups is 1. The van der Waals surface area contributed by atoms with Gasteiger partial charge in [0.2, 0.25) is 5.89 Å². The fourth-order valence-corrected chi connectivity index (χ4v) is 2.57. The molecule has 3 heterocycles. The van der Waals surface area contributed by atoms with E-state index in [0.29, 0.717) is 18.9 Å². The van der Waals surface area contributed by atoms with Gasteiger partial charge in [0.15, 0.2) is 15.7 Å². The fraction of sp³-hybridized carbons (Fsp3) is 0.545. The Labute approximate surface area is 115 Å². The van der Waals surface area contributed by atoms with Crippen LogP contribution in [0.1, 0.15) is 41.3 Å². The molecule has 1 aliphatic rings. The maximum absolute atomic E-state index is 11.5. The van der Waals surface area contributed by atoms with Gasteiger partial charge in [0, 0.05) is 19.2 Å². The molecule has 0 saturated heterocycles. The molecule has 0 fully saturated rings. The van der Waals surface area contributed by atoms with E-state index in [1.165, 1.54) is 0 Å². The summed E-state index contributed by atoms with van der Waals surface area (Å²) in [6.07, 6.45) is 3.44. The molecule has 0 radical (unpaired) electrons. The molecule has 0 aliphatic carbocycles.